The summed E-state index contributed by atoms with van der Waals surface area (Å²) in [5, 5.41) is 14.2. The molecule has 2 saturated heterocycles. The number of nitrogens with zero attached hydrogens (tertiary/aromatic N) is 3. The largest absolute Gasteiger partial charge is 0.381 e. The molecule has 0 bridgehead atoms. The van der Waals surface area contributed by atoms with Crippen LogP contribution in [0, 0.1) is 15.5 Å². The lowest BCUT2D eigenvalue weighted by atomic mass is 9.87. The van der Waals surface area contributed by atoms with E-state index in [1.165, 1.54) is 6.07 Å². The van der Waals surface area contributed by atoms with Crippen LogP contribution in [0.15, 0.2) is 29.3 Å². The van der Waals surface area contributed by atoms with Crippen LogP contribution in [-0.4, -0.2) is 48.6 Å². The highest BCUT2D eigenvalue weighted by molar-refractivity contribution is 14.0. The second-order valence-electron chi connectivity index (χ2n) is 6.57. The minimum Gasteiger partial charge on any atom is -0.381 e. The normalized spacial score (nSPS) is 22.9. The quantitative estimate of drug-likeness (QED) is 0.246. The second-order valence-corrected chi connectivity index (χ2v) is 6.57. The summed E-state index contributed by atoms with van der Waals surface area (Å²) in [6, 6.07) is 6.67. The van der Waals surface area contributed by atoms with Crippen molar-refractivity contribution in [3.63, 3.8) is 0 Å². The summed E-state index contributed by atoms with van der Waals surface area (Å²) in [6.45, 7) is 6.92. The zero-order valence-corrected chi connectivity index (χ0v) is 16.8. The van der Waals surface area contributed by atoms with Crippen molar-refractivity contribution in [3.05, 3.63) is 39.9 Å². The van der Waals surface area contributed by atoms with E-state index in [0.717, 1.165) is 57.2 Å². The Morgan fingerprint density at radius 3 is 3.00 bits per heavy atom. The molecule has 2 fully saturated rings. The van der Waals surface area contributed by atoms with Crippen LogP contribution in [0.3, 0.4) is 0 Å². The summed E-state index contributed by atoms with van der Waals surface area (Å²) in [5.41, 5.74) is 1.23. The SMILES string of the molecule is CCNC(=NCc1cccc([N+](=O)[O-])c1)N1CCC2(CCOC2)C1.I. The topological polar surface area (TPSA) is 80.0 Å². The van der Waals surface area contributed by atoms with Gasteiger partial charge in [-0.3, -0.25) is 10.1 Å². The minimum atomic E-state index is -0.372. The Bertz CT molecular complexity index is 632. The molecule has 1 spiro atoms. The van der Waals surface area contributed by atoms with E-state index in [2.05, 4.69) is 15.2 Å². The van der Waals surface area contributed by atoms with Gasteiger partial charge in [0.25, 0.3) is 5.69 Å². The Balaban J connectivity index is 0.00000225. The van der Waals surface area contributed by atoms with E-state index in [0.29, 0.717) is 6.54 Å². The van der Waals surface area contributed by atoms with Gasteiger partial charge in [-0.2, -0.15) is 0 Å². The van der Waals surface area contributed by atoms with Gasteiger partial charge in [0.05, 0.1) is 18.1 Å². The number of nitrogens with one attached hydrogen (secondary N) is 1. The summed E-state index contributed by atoms with van der Waals surface area (Å²) >= 11 is 0. The number of aliphatic imine (C=N–C) groups is 1. The lowest BCUT2D eigenvalue weighted by Gasteiger charge is -2.25. The molecule has 2 aliphatic heterocycles. The first-order valence-corrected chi connectivity index (χ1v) is 8.46. The van der Waals surface area contributed by atoms with Gasteiger partial charge in [0, 0.05) is 43.8 Å². The van der Waals surface area contributed by atoms with Gasteiger partial charge < -0.3 is 15.0 Å². The van der Waals surface area contributed by atoms with Crippen LogP contribution in [0.4, 0.5) is 5.69 Å². The number of rotatable bonds is 4. The molecule has 0 radical (unpaired) electrons. The molecule has 0 amide bonds. The molecule has 7 nitrogen and oxygen atoms in total. The van der Waals surface area contributed by atoms with E-state index >= 15 is 0 Å². The first-order valence-electron chi connectivity index (χ1n) is 8.46. The van der Waals surface area contributed by atoms with Crippen LogP contribution < -0.4 is 5.32 Å². The number of likely N-dealkylation sites (tertiary alicyclic amines) is 1. The fourth-order valence-corrected chi connectivity index (χ4v) is 3.45. The van der Waals surface area contributed by atoms with Crippen molar-refractivity contribution >= 4 is 35.6 Å². The van der Waals surface area contributed by atoms with Gasteiger partial charge in [-0.05, 0) is 25.3 Å². The lowest BCUT2D eigenvalue weighted by molar-refractivity contribution is -0.384. The number of guanidine groups is 1. The van der Waals surface area contributed by atoms with Gasteiger partial charge >= 0.3 is 0 Å². The molecule has 1 aromatic carbocycles. The summed E-state index contributed by atoms with van der Waals surface area (Å²) in [4.78, 5) is 17.5. The van der Waals surface area contributed by atoms with Crippen LogP contribution in [0.25, 0.3) is 0 Å². The van der Waals surface area contributed by atoms with Crippen LogP contribution in [0.2, 0.25) is 0 Å². The molecule has 25 heavy (non-hydrogen) atoms. The summed E-state index contributed by atoms with van der Waals surface area (Å²) in [5.74, 6) is 0.882. The van der Waals surface area contributed by atoms with Crippen molar-refractivity contribution in [1.82, 2.24) is 10.2 Å². The number of halogens is 1. The molecule has 138 valence electrons. The van der Waals surface area contributed by atoms with Crippen molar-refractivity contribution in [2.75, 3.05) is 32.8 Å². The average Bonchev–Trinajstić information content (AvgIpc) is 3.22. The van der Waals surface area contributed by atoms with Crippen LogP contribution in [-0.2, 0) is 11.3 Å². The number of non-ortho nitro benzene ring substituents is 1. The number of benzene rings is 1. The van der Waals surface area contributed by atoms with Gasteiger partial charge in [-0.15, -0.1) is 24.0 Å². The Labute approximate surface area is 165 Å². The fourth-order valence-electron chi connectivity index (χ4n) is 3.45. The Kier molecular flexibility index (Phi) is 7.00. The summed E-state index contributed by atoms with van der Waals surface area (Å²) in [6.07, 6.45) is 2.25. The summed E-state index contributed by atoms with van der Waals surface area (Å²) in [7, 11) is 0. The highest BCUT2D eigenvalue weighted by Crippen LogP contribution is 2.38. The van der Waals surface area contributed by atoms with Crippen molar-refractivity contribution in [2.24, 2.45) is 10.4 Å². The molecular formula is C17H25IN4O3. The van der Waals surface area contributed by atoms with Gasteiger partial charge in [0.15, 0.2) is 5.96 Å². The van der Waals surface area contributed by atoms with Crippen LogP contribution in [0.5, 0.6) is 0 Å². The number of hydrogen-bond donors (Lipinski definition) is 1. The third kappa shape index (κ3) is 4.81. The van der Waals surface area contributed by atoms with Crippen molar-refractivity contribution < 1.29 is 9.66 Å². The number of hydrogen-bond acceptors (Lipinski definition) is 4. The number of nitro benzene ring substituents is 1. The molecule has 0 aromatic heterocycles. The predicted octanol–water partition coefficient (Wildman–Crippen LogP) is 2.79. The molecule has 8 heteroatoms. The van der Waals surface area contributed by atoms with Crippen molar-refractivity contribution in [3.8, 4) is 0 Å². The maximum Gasteiger partial charge on any atom is 0.269 e. The molecule has 0 saturated carbocycles. The number of nitro groups is 1. The maximum absolute atomic E-state index is 10.9. The zero-order valence-electron chi connectivity index (χ0n) is 14.4. The first kappa shape index (κ1) is 19.9. The second kappa shape index (κ2) is 8.79. The Hall–Kier alpha value is -1.42. The van der Waals surface area contributed by atoms with E-state index in [-0.39, 0.29) is 40.0 Å². The molecular weight excluding hydrogens is 435 g/mol. The van der Waals surface area contributed by atoms with Gasteiger partial charge in [0.2, 0.25) is 0 Å². The number of ether oxygens (including phenoxy) is 1. The highest BCUT2D eigenvalue weighted by Gasteiger charge is 2.42. The van der Waals surface area contributed by atoms with Crippen LogP contribution >= 0.6 is 24.0 Å². The predicted molar refractivity (Wildman–Crippen MR) is 107 cm³/mol. The van der Waals surface area contributed by atoms with E-state index in [9.17, 15) is 10.1 Å². The van der Waals surface area contributed by atoms with E-state index in [4.69, 9.17) is 4.74 Å². The Morgan fingerprint density at radius 2 is 2.32 bits per heavy atom. The van der Waals surface area contributed by atoms with Gasteiger partial charge in [-0.25, -0.2) is 4.99 Å². The van der Waals surface area contributed by atoms with Crippen molar-refractivity contribution in [1.29, 1.82) is 0 Å². The van der Waals surface area contributed by atoms with E-state index < -0.39 is 0 Å². The molecule has 1 N–H and O–H groups in total. The van der Waals surface area contributed by atoms with Crippen LogP contribution in [0.1, 0.15) is 25.3 Å². The first-order chi connectivity index (χ1) is 11.6. The minimum absolute atomic E-state index is 0. The lowest BCUT2D eigenvalue weighted by Crippen LogP contribution is -2.41. The molecule has 1 atom stereocenters. The fraction of sp³-hybridized carbons (Fsp3) is 0.588. The standard InChI is InChI=1S/C17H24N4O3.HI/c1-2-18-16(20-8-6-17(12-20)7-9-24-13-17)19-11-14-4-3-5-15(10-14)21(22)23;/h3-5,10H,2,6-9,11-13H2,1H3,(H,18,19);1H. The monoisotopic (exact) mass is 460 g/mol. The van der Waals surface area contributed by atoms with Crippen molar-refractivity contribution in [2.45, 2.75) is 26.3 Å². The third-order valence-corrected chi connectivity index (χ3v) is 4.79. The molecule has 2 heterocycles. The maximum atomic E-state index is 10.9. The highest BCUT2D eigenvalue weighted by atomic mass is 127. The van der Waals surface area contributed by atoms with Gasteiger partial charge in [-0.1, -0.05) is 12.1 Å². The molecule has 2 aliphatic rings. The third-order valence-electron chi connectivity index (χ3n) is 4.79. The van der Waals surface area contributed by atoms with E-state index in [1.54, 1.807) is 12.1 Å². The molecule has 3 rings (SSSR count). The van der Waals surface area contributed by atoms with Gasteiger partial charge in [0.1, 0.15) is 0 Å². The summed E-state index contributed by atoms with van der Waals surface area (Å²) < 4.78 is 5.58. The zero-order chi connectivity index (χ0) is 17.0. The molecule has 1 aromatic rings. The molecule has 1 unspecified atom stereocenters. The average molecular weight is 460 g/mol. The Morgan fingerprint density at radius 1 is 1.48 bits per heavy atom. The smallest absolute Gasteiger partial charge is 0.269 e. The van der Waals surface area contributed by atoms with E-state index in [1.807, 2.05) is 13.0 Å². The molecule has 0 aliphatic carbocycles.